The van der Waals surface area contributed by atoms with Crippen LogP contribution in [0.5, 0.6) is 11.5 Å². The van der Waals surface area contributed by atoms with Crippen molar-refractivity contribution in [1.82, 2.24) is 5.32 Å². The molecule has 1 atom stereocenters. The van der Waals surface area contributed by atoms with Gasteiger partial charge in [-0.25, -0.2) is 0 Å². The number of methoxy groups -OCH3 is 2. The molecule has 100 valence electrons. The van der Waals surface area contributed by atoms with Crippen LogP contribution in [0.1, 0.15) is 12.0 Å². The monoisotopic (exact) mass is 251 g/mol. The molecule has 0 bridgehead atoms. The molecule has 4 nitrogen and oxygen atoms in total. The van der Waals surface area contributed by atoms with Crippen molar-refractivity contribution < 1.29 is 14.2 Å². The highest BCUT2D eigenvalue weighted by Crippen LogP contribution is 2.27. The van der Waals surface area contributed by atoms with Gasteiger partial charge in [0.25, 0.3) is 0 Å². The van der Waals surface area contributed by atoms with E-state index in [1.165, 1.54) is 12.0 Å². The molecule has 0 aliphatic carbocycles. The maximum Gasteiger partial charge on any atom is 0.161 e. The van der Waals surface area contributed by atoms with Gasteiger partial charge in [0.15, 0.2) is 11.5 Å². The van der Waals surface area contributed by atoms with Crippen LogP contribution >= 0.6 is 0 Å². The molecule has 0 spiro atoms. The fourth-order valence-electron chi connectivity index (χ4n) is 2.16. The van der Waals surface area contributed by atoms with Crippen molar-refractivity contribution in [1.29, 1.82) is 0 Å². The highest BCUT2D eigenvalue weighted by atomic mass is 16.5. The standard InChI is InChI=1S/C14H21NO3/c1-16-13-4-3-11(7-14(13)17-2)8-15-9-12-5-6-18-10-12/h3-4,7,12,15H,5-6,8-10H2,1-2H3. The lowest BCUT2D eigenvalue weighted by atomic mass is 10.1. The maximum absolute atomic E-state index is 5.35. The van der Waals surface area contributed by atoms with Crippen LogP contribution in [0, 0.1) is 5.92 Å². The van der Waals surface area contributed by atoms with E-state index in [4.69, 9.17) is 14.2 Å². The zero-order valence-electron chi connectivity index (χ0n) is 11.1. The van der Waals surface area contributed by atoms with E-state index in [1.807, 2.05) is 12.1 Å². The fourth-order valence-corrected chi connectivity index (χ4v) is 2.16. The number of ether oxygens (including phenoxy) is 3. The quantitative estimate of drug-likeness (QED) is 0.837. The Morgan fingerprint density at radius 1 is 1.28 bits per heavy atom. The molecule has 0 aromatic heterocycles. The minimum absolute atomic E-state index is 0.658. The minimum Gasteiger partial charge on any atom is -0.493 e. The molecule has 0 amide bonds. The Morgan fingerprint density at radius 2 is 2.11 bits per heavy atom. The van der Waals surface area contributed by atoms with Gasteiger partial charge in [-0.1, -0.05) is 6.07 Å². The molecule has 4 heteroatoms. The first-order chi connectivity index (χ1) is 8.83. The van der Waals surface area contributed by atoms with Crippen LogP contribution in [0.3, 0.4) is 0 Å². The van der Waals surface area contributed by atoms with Crippen molar-refractivity contribution in [2.75, 3.05) is 34.0 Å². The van der Waals surface area contributed by atoms with E-state index < -0.39 is 0 Å². The molecule has 18 heavy (non-hydrogen) atoms. The third kappa shape index (κ3) is 3.37. The Kier molecular flexibility index (Phi) is 4.84. The Morgan fingerprint density at radius 3 is 2.78 bits per heavy atom. The maximum atomic E-state index is 5.35. The van der Waals surface area contributed by atoms with Gasteiger partial charge in [0.1, 0.15) is 0 Å². The van der Waals surface area contributed by atoms with Crippen molar-refractivity contribution in [3.05, 3.63) is 23.8 Å². The predicted molar refractivity (Wildman–Crippen MR) is 70.2 cm³/mol. The number of rotatable bonds is 6. The summed E-state index contributed by atoms with van der Waals surface area (Å²) >= 11 is 0. The highest BCUT2D eigenvalue weighted by molar-refractivity contribution is 5.42. The predicted octanol–water partition coefficient (Wildman–Crippen LogP) is 1.83. The molecule has 1 saturated heterocycles. The lowest BCUT2D eigenvalue weighted by Crippen LogP contribution is -2.22. The topological polar surface area (TPSA) is 39.7 Å². The van der Waals surface area contributed by atoms with Crippen LogP contribution < -0.4 is 14.8 Å². The van der Waals surface area contributed by atoms with Crippen LogP contribution in [-0.4, -0.2) is 34.0 Å². The normalized spacial score (nSPS) is 18.9. The summed E-state index contributed by atoms with van der Waals surface area (Å²) in [6.45, 7) is 3.65. The minimum atomic E-state index is 0.658. The molecule has 0 saturated carbocycles. The molecule has 1 fully saturated rings. The van der Waals surface area contributed by atoms with Gasteiger partial charge in [0, 0.05) is 19.7 Å². The third-order valence-corrected chi connectivity index (χ3v) is 3.23. The summed E-state index contributed by atoms with van der Waals surface area (Å²) in [5.74, 6) is 2.21. The van der Waals surface area contributed by atoms with Gasteiger partial charge in [0.05, 0.1) is 20.8 Å². The fraction of sp³-hybridized carbons (Fsp3) is 0.571. The van der Waals surface area contributed by atoms with Crippen molar-refractivity contribution in [3.8, 4) is 11.5 Å². The molecule has 1 N–H and O–H groups in total. The van der Waals surface area contributed by atoms with Crippen LogP contribution in [0.2, 0.25) is 0 Å². The smallest absolute Gasteiger partial charge is 0.161 e. The van der Waals surface area contributed by atoms with Gasteiger partial charge in [-0.3, -0.25) is 0 Å². The largest absolute Gasteiger partial charge is 0.493 e. The van der Waals surface area contributed by atoms with Gasteiger partial charge in [-0.05, 0) is 30.0 Å². The van der Waals surface area contributed by atoms with E-state index in [-0.39, 0.29) is 0 Å². The Balaban J connectivity index is 1.84. The molecule has 1 heterocycles. The molecule has 2 rings (SSSR count). The van der Waals surface area contributed by atoms with E-state index in [1.54, 1.807) is 14.2 Å². The second kappa shape index (κ2) is 6.61. The van der Waals surface area contributed by atoms with E-state index in [2.05, 4.69) is 11.4 Å². The van der Waals surface area contributed by atoms with Gasteiger partial charge in [-0.2, -0.15) is 0 Å². The SMILES string of the molecule is COc1ccc(CNCC2CCOC2)cc1OC. The average Bonchev–Trinajstić information content (AvgIpc) is 2.91. The number of hydrogen-bond acceptors (Lipinski definition) is 4. The summed E-state index contributed by atoms with van der Waals surface area (Å²) in [5.41, 5.74) is 1.20. The summed E-state index contributed by atoms with van der Waals surface area (Å²) in [4.78, 5) is 0. The second-order valence-electron chi connectivity index (χ2n) is 4.55. The number of benzene rings is 1. The van der Waals surface area contributed by atoms with Crippen LogP contribution in [0.15, 0.2) is 18.2 Å². The van der Waals surface area contributed by atoms with E-state index >= 15 is 0 Å². The van der Waals surface area contributed by atoms with E-state index in [0.717, 1.165) is 37.8 Å². The Labute approximate surface area is 108 Å². The lowest BCUT2D eigenvalue weighted by Gasteiger charge is -2.12. The first-order valence-electron chi connectivity index (χ1n) is 6.33. The first kappa shape index (κ1) is 13.2. The summed E-state index contributed by atoms with van der Waals surface area (Å²) < 4.78 is 15.8. The summed E-state index contributed by atoms with van der Waals surface area (Å²) in [5, 5.41) is 3.46. The highest BCUT2D eigenvalue weighted by Gasteiger charge is 2.14. The molecule has 1 aromatic carbocycles. The molecule has 0 radical (unpaired) electrons. The van der Waals surface area contributed by atoms with E-state index in [9.17, 15) is 0 Å². The molecule has 1 unspecified atom stereocenters. The molecule has 1 aliphatic rings. The zero-order valence-corrected chi connectivity index (χ0v) is 11.1. The third-order valence-electron chi connectivity index (χ3n) is 3.23. The number of hydrogen-bond donors (Lipinski definition) is 1. The van der Waals surface area contributed by atoms with Crippen LogP contribution in [-0.2, 0) is 11.3 Å². The van der Waals surface area contributed by atoms with Gasteiger partial charge in [0.2, 0.25) is 0 Å². The summed E-state index contributed by atoms with van der Waals surface area (Å²) in [6, 6.07) is 6.00. The first-order valence-corrected chi connectivity index (χ1v) is 6.33. The zero-order chi connectivity index (χ0) is 12.8. The number of nitrogens with one attached hydrogen (secondary N) is 1. The summed E-state index contributed by atoms with van der Waals surface area (Å²) in [7, 11) is 3.31. The molecule has 1 aromatic rings. The van der Waals surface area contributed by atoms with Crippen LogP contribution in [0.25, 0.3) is 0 Å². The van der Waals surface area contributed by atoms with Gasteiger partial charge < -0.3 is 19.5 Å². The molecular formula is C14H21NO3. The second-order valence-corrected chi connectivity index (χ2v) is 4.55. The van der Waals surface area contributed by atoms with Crippen molar-refractivity contribution in [2.45, 2.75) is 13.0 Å². The van der Waals surface area contributed by atoms with Crippen molar-refractivity contribution in [3.63, 3.8) is 0 Å². The van der Waals surface area contributed by atoms with E-state index in [0.29, 0.717) is 5.92 Å². The van der Waals surface area contributed by atoms with Crippen molar-refractivity contribution >= 4 is 0 Å². The Hall–Kier alpha value is -1.26. The Bertz CT molecular complexity index is 375. The average molecular weight is 251 g/mol. The lowest BCUT2D eigenvalue weighted by molar-refractivity contribution is 0.185. The van der Waals surface area contributed by atoms with Crippen molar-refractivity contribution in [2.24, 2.45) is 5.92 Å². The molecular weight excluding hydrogens is 230 g/mol. The van der Waals surface area contributed by atoms with Gasteiger partial charge >= 0.3 is 0 Å². The van der Waals surface area contributed by atoms with Crippen LogP contribution in [0.4, 0.5) is 0 Å². The molecule has 1 aliphatic heterocycles. The summed E-state index contributed by atoms with van der Waals surface area (Å²) in [6.07, 6.45) is 1.17. The van der Waals surface area contributed by atoms with Gasteiger partial charge in [-0.15, -0.1) is 0 Å².